The van der Waals surface area contributed by atoms with Crippen LogP contribution < -0.4 is 5.32 Å². The molecule has 1 N–H and O–H groups in total. The molecule has 22 heavy (non-hydrogen) atoms. The lowest BCUT2D eigenvalue weighted by Crippen LogP contribution is -2.49. The van der Waals surface area contributed by atoms with Crippen LogP contribution in [0.2, 0.25) is 0 Å². The van der Waals surface area contributed by atoms with E-state index in [0.717, 1.165) is 0 Å². The molecular formula is C14H20N4O3S. The molecule has 0 spiro atoms. The number of hydrogen-bond acceptors (Lipinski definition) is 6. The Morgan fingerprint density at radius 3 is 2.77 bits per heavy atom. The predicted molar refractivity (Wildman–Crippen MR) is 82.8 cm³/mol. The Morgan fingerprint density at radius 1 is 1.45 bits per heavy atom. The van der Waals surface area contributed by atoms with Gasteiger partial charge in [0.05, 0.1) is 23.5 Å². The van der Waals surface area contributed by atoms with Crippen molar-refractivity contribution in [3.05, 3.63) is 23.9 Å². The molecule has 0 aliphatic carbocycles. The third-order valence-electron chi connectivity index (χ3n) is 3.36. The molecule has 0 saturated carbocycles. The van der Waals surface area contributed by atoms with Crippen LogP contribution >= 0.6 is 0 Å². The number of sulfonamides is 1. The van der Waals surface area contributed by atoms with Gasteiger partial charge in [0.2, 0.25) is 10.0 Å². The summed E-state index contributed by atoms with van der Waals surface area (Å²) >= 11 is 0. The molecule has 0 aromatic carbocycles. The highest BCUT2D eigenvalue weighted by atomic mass is 32.2. The number of nitriles is 1. The van der Waals surface area contributed by atoms with Crippen molar-refractivity contribution in [3.63, 3.8) is 0 Å². The Bertz CT molecular complexity index is 646. The number of pyridine rings is 1. The number of morpholine rings is 1. The summed E-state index contributed by atoms with van der Waals surface area (Å²) in [6.07, 6.45) is 1.35. The first-order valence-corrected chi connectivity index (χ1v) is 8.75. The fourth-order valence-corrected chi connectivity index (χ4v) is 3.91. The highest BCUT2D eigenvalue weighted by Gasteiger charge is 2.30. The quantitative estimate of drug-likeness (QED) is 0.861. The van der Waals surface area contributed by atoms with Crippen molar-refractivity contribution in [2.45, 2.75) is 26.1 Å². The van der Waals surface area contributed by atoms with Crippen molar-refractivity contribution in [2.24, 2.45) is 0 Å². The van der Waals surface area contributed by atoms with Gasteiger partial charge in [-0.15, -0.1) is 0 Å². The normalized spacial score (nSPS) is 23.0. The number of ether oxygens (including phenoxy) is 1. The van der Waals surface area contributed by atoms with Gasteiger partial charge in [0, 0.05) is 25.8 Å². The van der Waals surface area contributed by atoms with E-state index in [1.807, 2.05) is 19.9 Å². The molecule has 7 nitrogen and oxygen atoms in total. The Balaban J connectivity index is 1.94. The number of nitrogens with one attached hydrogen (secondary N) is 1. The summed E-state index contributed by atoms with van der Waals surface area (Å²) in [5.41, 5.74) is 0.397. The third-order valence-corrected chi connectivity index (χ3v) is 5.17. The summed E-state index contributed by atoms with van der Waals surface area (Å²) in [7, 11) is -3.36. The van der Waals surface area contributed by atoms with E-state index in [-0.39, 0.29) is 24.5 Å². The molecule has 120 valence electrons. The van der Waals surface area contributed by atoms with E-state index in [9.17, 15) is 8.42 Å². The van der Waals surface area contributed by atoms with Crippen molar-refractivity contribution in [1.29, 1.82) is 5.26 Å². The molecule has 1 aromatic rings. The van der Waals surface area contributed by atoms with E-state index >= 15 is 0 Å². The molecule has 1 saturated heterocycles. The minimum absolute atomic E-state index is 0.0477. The summed E-state index contributed by atoms with van der Waals surface area (Å²) in [6, 6.07) is 5.31. The van der Waals surface area contributed by atoms with Crippen molar-refractivity contribution in [2.75, 3.05) is 30.7 Å². The maximum atomic E-state index is 12.4. The average Bonchev–Trinajstić information content (AvgIpc) is 2.46. The number of anilines is 1. The zero-order valence-corrected chi connectivity index (χ0v) is 13.5. The van der Waals surface area contributed by atoms with Crippen LogP contribution in [0.5, 0.6) is 0 Å². The van der Waals surface area contributed by atoms with Gasteiger partial charge in [-0.1, -0.05) is 0 Å². The molecule has 1 aliphatic rings. The lowest BCUT2D eigenvalue weighted by atomic mass is 10.3. The van der Waals surface area contributed by atoms with Crippen LogP contribution in [-0.2, 0) is 14.8 Å². The minimum atomic E-state index is -3.36. The van der Waals surface area contributed by atoms with E-state index in [1.165, 1.54) is 4.31 Å². The molecule has 2 rings (SSSR count). The number of rotatable bonds is 5. The van der Waals surface area contributed by atoms with Crippen LogP contribution in [0, 0.1) is 11.3 Å². The minimum Gasteiger partial charge on any atom is -0.373 e. The first-order valence-electron chi connectivity index (χ1n) is 7.14. The molecule has 0 unspecified atom stereocenters. The first-order chi connectivity index (χ1) is 10.4. The fraction of sp³-hybridized carbons (Fsp3) is 0.571. The molecule has 2 atom stereocenters. The maximum absolute atomic E-state index is 12.4. The van der Waals surface area contributed by atoms with E-state index in [1.54, 1.807) is 18.3 Å². The lowest BCUT2D eigenvalue weighted by molar-refractivity contribution is -0.0440. The standard InChI is InChI=1S/C14H20N4O3S/c1-11-9-18(10-12(2)21-11)22(19,20)7-6-17-14-13(8-15)4-3-5-16-14/h3-5,11-12H,6-7,9-10H2,1-2H3,(H,16,17)/t11-,12-/m0/s1. The number of nitrogens with zero attached hydrogens (tertiary/aromatic N) is 3. The summed E-state index contributed by atoms with van der Waals surface area (Å²) in [5.74, 6) is 0.359. The monoisotopic (exact) mass is 324 g/mol. The fourth-order valence-electron chi connectivity index (χ4n) is 2.42. The third kappa shape index (κ3) is 4.16. The Kier molecular flexibility index (Phi) is 5.34. The van der Waals surface area contributed by atoms with Crippen molar-refractivity contribution >= 4 is 15.8 Å². The van der Waals surface area contributed by atoms with Gasteiger partial charge in [0.15, 0.2) is 0 Å². The molecule has 1 aromatic heterocycles. The van der Waals surface area contributed by atoms with Crippen LogP contribution in [0.25, 0.3) is 0 Å². The van der Waals surface area contributed by atoms with Crippen LogP contribution in [0.4, 0.5) is 5.82 Å². The van der Waals surface area contributed by atoms with E-state index in [0.29, 0.717) is 24.5 Å². The van der Waals surface area contributed by atoms with Gasteiger partial charge >= 0.3 is 0 Å². The smallest absolute Gasteiger partial charge is 0.216 e. The predicted octanol–water partition coefficient (Wildman–Crippen LogP) is 0.804. The molecule has 0 bridgehead atoms. The van der Waals surface area contributed by atoms with Gasteiger partial charge in [-0.25, -0.2) is 13.4 Å². The Hall–Kier alpha value is -1.69. The van der Waals surface area contributed by atoms with Gasteiger partial charge in [0.1, 0.15) is 11.9 Å². The molecule has 0 radical (unpaired) electrons. The number of hydrogen-bond donors (Lipinski definition) is 1. The zero-order valence-electron chi connectivity index (χ0n) is 12.7. The molecular weight excluding hydrogens is 304 g/mol. The molecule has 2 heterocycles. The van der Waals surface area contributed by atoms with Gasteiger partial charge in [-0.05, 0) is 26.0 Å². The van der Waals surface area contributed by atoms with Gasteiger partial charge < -0.3 is 10.1 Å². The van der Waals surface area contributed by atoms with E-state index in [4.69, 9.17) is 10.00 Å². The second-order valence-electron chi connectivity index (χ2n) is 5.33. The first kappa shape index (κ1) is 16.7. The molecule has 1 aliphatic heterocycles. The van der Waals surface area contributed by atoms with E-state index in [2.05, 4.69) is 10.3 Å². The summed E-state index contributed by atoms with van der Waals surface area (Å²) < 4.78 is 31.7. The van der Waals surface area contributed by atoms with Gasteiger partial charge in [-0.2, -0.15) is 9.57 Å². The second kappa shape index (κ2) is 7.05. The maximum Gasteiger partial charge on any atom is 0.216 e. The van der Waals surface area contributed by atoms with E-state index < -0.39 is 10.0 Å². The van der Waals surface area contributed by atoms with Gasteiger partial charge in [-0.3, -0.25) is 0 Å². The van der Waals surface area contributed by atoms with Crippen LogP contribution in [-0.4, -0.2) is 55.3 Å². The topological polar surface area (TPSA) is 95.3 Å². The van der Waals surface area contributed by atoms with Crippen molar-refractivity contribution in [3.8, 4) is 6.07 Å². The highest BCUT2D eigenvalue weighted by molar-refractivity contribution is 7.89. The van der Waals surface area contributed by atoms with Crippen LogP contribution in [0.15, 0.2) is 18.3 Å². The Labute approximate surface area is 131 Å². The van der Waals surface area contributed by atoms with Crippen molar-refractivity contribution < 1.29 is 13.2 Å². The van der Waals surface area contributed by atoms with Crippen LogP contribution in [0.1, 0.15) is 19.4 Å². The van der Waals surface area contributed by atoms with Crippen molar-refractivity contribution in [1.82, 2.24) is 9.29 Å². The molecule has 8 heteroatoms. The van der Waals surface area contributed by atoms with Crippen LogP contribution in [0.3, 0.4) is 0 Å². The second-order valence-corrected chi connectivity index (χ2v) is 7.42. The lowest BCUT2D eigenvalue weighted by Gasteiger charge is -2.34. The summed E-state index contributed by atoms with van der Waals surface area (Å²) in [6.45, 7) is 4.68. The van der Waals surface area contributed by atoms with Gasteiger partial charge in [0.25, 0.3) is 0 Å². The molecule has 1 fully saturated rings. The number of aromatic nitrogens is 1. The SMILES string of the molecule is C[C@H]1CN(S(=O)(=O)CCNc2ncccc2C#N)C[C@H](C)O1. The highest BCUT2D eigenvalue weighted by Crippen LogP contribution is 2.15. The summed E-state index contributed by atoms with van der Waals surface area (Å²) in [5, 5.41) is 11.9. The zero-order chi connectivity index (χ0) is 16.2. The average molecular weight is 324 g/mol. The largest absolute Gasteiger partial charge is 0.373 e. The summed E-state index contributed by atoms with van der Waals surface area (Å²) in [4.78, 5) is 4.04. The Morgan fingerprint density at radius 2 is 2.14 bits per heavy atom. The molecule has 0 amide bonds.